The van der Waals surface area contributed by atoms with Gasteiger partial charge >= 0.3 is 0 Å². The van der Waals surface area contributed by atoms with Crippen molar-refractivity contribution in [1.29, 1.82) is 0 Å². The first kappa shape index (κ1) is 39.2. The molecule has 0 fully saturated rings. The van der Waals surface area contributed by atoms with Crippen LogP contribution in [0.1, 0.15) is 129 Å². The molecular weight excluding hydrogens is 527 g/mol. The van der Waals surface area contributed by atoms with Crippen molar-refractivity contribution in [3.8, 4) is 0 Å². The first-order valence-electron chi connectivity index (χ1n) is 16.1. The number of hydrogen-bond acceptors (Lipinski definition) is 6. The zero-order valence-corrected chi connectivity index (χ0v) is 27.4. The minimum atomic E-state index is -4.55. The number of phosphoric acid groups is 1. The summed E-state index contributed by atoms with van der Waals surface area (Å²) in [4.78, 5) is 24.4. The van der Waals surface area contributed by atoms with E-state index < -0.39 is 20.0 Å². The van der Waals surface area contributed by atoms with Crippen molar-refractivity contribution in [2.75, 3.05) is 40.9 Å². The minimum Gasteiger partial charge on any atom is -0.756 e. The molecule has 0 saturated heterocycles. The molecule has 0 rings (SSSR count). The smallest absolute Gasteiger partial charge is 0.268 e. The Balaban J connectivity index is 4.28. The van der Waals surface area contributed by atoms with Crippen molar-refractivity contribution in [2.24, 2.45) is 0 Å². The molecule has 0 radical (unpaired) electrons. The van der Waals surface area contributed by atoms with Gasteiger partial charge in [-0.05, 0) is 19.3 Å². The van der Waals surface area contributed by atoms with E-state index in [4.69, 9.17) is 9.05 Å². The van der Waals surface area contributed by atoms with Crippen LogP contribution >= 0.6 is 7.82 Å². The van der Waals surface area contributed by atoms with Crippen molar-refractivity contribution >= 4 is 13.7 Å². The van der Waals surface area contributed by atoms with E-state index >= 15 is 0 Å². The molecule has 0 bridgehead atoms. The highest BCUT2D eigenvalue weighted by molar-refractivity contribution is 7.45. The average Bonchev–Trinajstić information content (AvgIpc) is 2.88. The molecular formula is C31H63N2O6P. The van der Waals surface area contributed by atoms with Gasteiger partial charge < -0.3 is 28.8 Å². The molecule has 0 aromatic carbocycles. The number of amides is 1. The van der Waals surface area contributed by atoms with Gasteiger partial charge in [0.05, 0.1) is 39.9 Å². The number of aliphatic hydroxyl groups is 1. The lowest BCUT2D eigenvalue weighted by atomic mass is 10.0. The molecule has 3 atom stereocenters. The van der Waals surface area contributed by atoms with E-state index in [1.54, 1.807) is 6.08 Å². The van der Waals surface area contributed by atoms with Crippen molar-refractivity contribution in [3.05, 3.63) is 12.2 Å². The maximum absolute atomic E-state index is 12.3. The fourth-order valence-electron chi connectivity index (χ4n) is 4.30. The standard InChI is InChI=1S/C31H63N2O6P/c1-6-8-10-11-12-13-14-15-16-17-18-19-20-21-22-23-24-30(34)29(32-31(35)25-9-7-2)28-39-40(36,37)38-27-26-33(3,4)5/h23-24,29-30,34H,6-22,25-28H2,1-5H3,(H-,32,35,36,37)/b24-23+. The summed E-state index contributed by atoms with van der Waals surface area (Å²) in [5.74, 6) is -0.235. The van der Waals surface area contributed by atoms with Gasteiger partial charge in [-0.1, -0.05) is 116 Å². The lowest BCUT2D eigenvalue weighted by Gasteiger charge is -2.29. The van der Waals surface area contributed by atoms with Crippen LogP contribution in [-0.4, -0.2) is 68.5 Å². The number of nitrogens with one attached hydrogen (secondary N) is 1. The first-order valence-corrected chi connectivity index (χ1v) is 17.5. The van der Waals surface area contributed by atoms with E-state index in [-0.39, 0.29) is 19.1 Å². The highest BCUT2D eigenvalue weighted by Crippen LogP contribution is 2.38. The predicted molar refractivity (Wildman–Crippen MR) is 164 cm³/mol. The van der Waals surface area contributed by atoms with Gasteiger partial charge in [-0.25, -0.2) is 0 Å². The quantitative estimate of drug-likeness (QED) is 0.0457. The number of hydrogen-bond donors (Lipinski definition) is 2. The minimum absolute atomic E-state index is 0.000542. The topological polar surface area (TPSA) is 108 Å². The molecule has 2 N–H and O–H groups in total. The molecule has 0 aliphatic heterocycles. The second kappa shape index (κ2) is 24.8. The maximum Gasteiger partial charge on any atom is 0.268 e. The number of unbranched alkanes of at least 4 members (excludes halogenated alkanes) is 15. The zero-order chi connectivity index (χ0) is 30.1. The predicted octanol–water partition coefficient (Wildman–Crippen LogP) is 6.66. The molecule has 3 unspecified atom stereocenters. The molecule has 0 aromatic heterocycles. The van der Waals surface area contributed by atoms with E-state index in [1.165, 1.54) is 77.0 Å². The van der Waals surface area contributed by atoms with Gasteiger partial charge in [0.1, 0.15) is 13.2 Å². The third kappa shape index (κ3) is 26.2. The van der Waals surface area contributed by atoms with Crippen molar-refractivity contribution in [2.45, 2.75) is 142 Å². The molecule has 238 valence electrons. The number of phosphoric ester groups is 1. The number of carbonyl (C=O) groups is 1. The second-order valence-electron chi connectivity index (χ2n) is 12.2. The second-order valence-corrected chi connectivity index (χ2v) is 13.6. The molecule has 0 spiro atoms. The molecule has 8 nitrogen and oxygen atoms in total. The monoisotopic (exact) mass is 590 g/mol. The van der Waals surface area contributed by atoms with Crippen LogP contribution in [0.3, 0.4) is 0 Å². The average molecular weight is 591 g/mol. The molecule has 0 aliphatic rings. The van der Waals surface area contributed by atoms with Crippen LogP contribution in [0.4, 0.5) is 0 Å². The zero-order valence-electron chi connectivity index (χ0n) is 26.5. The highest BCUT2D eigenvalue weighted by Gasteiger charge is 2.23. The molecule has 0 saturated carbocycles. The number of aliphatic hydroxyl groups excluding tert-OH is 1. The first-order chi connectivity index (χ1) is 19.0. The summed E-state index contributed by atoms with van der Waals surface area (Å²) in [6.07, 6.45) is 23.6. The van der Waals surface area contributed by atoms with Gasteiger partial charge in [0, 0.05) is 6.42 Å². The van der Waals surface area contributed by atoms with E-state index in [9.17, 15) is 19.4 Å². The SMILES string of the molecule is CCCCCCCCCCCCCCCC/C=C/C(O)C(COP(=O)([O-])OCC[N+](C)(C)C)NC(=O)CCCC. The number of carbonyl (C=O) groups excluding carboxylic acids is 1. The Morgan fingerprint density at radius 1 is 0.850 bits per heavy atom. The van der Waals surface area contributed by atoms with Gasteiger partial charge in [-0.15, -0.1) is 0 Å². The summed E-state index contributed by atoms with van der Waals surface area (Å²) in [6.45, 7) is 4.37. The fourth-order valence-corrected chi connectivity index (χ4v) is 5.03. The summed E-state index contributed by atoms with van der Waals surface area (Å²) in [5, 5.41) is 13.4. The largest absolute Gasteiger partial charge is 0.756 e. The lowest BCUT2D eigenvalue weighted by Crippen LogP contribution is -2.45. The van der Waals surface area contributed by atoms with Crippen molar-refractivity contribution in [1.82, 2.24) is 5.32 Å². The summed E-state index contributed by atoms with van der Waals surface area (Å²) in [7, 11) is 1.25. The number of nitrogens with zero attached hydrogens (tertiary/aromatic N) is 1. The number of rotatable bonds is 28. The molecule has 0 aromatic rings. The number of likely N-dealkylation sites (N-methyl/N-ethyl adjacent to an activating group) is 1. The van der Waals surface area contributed by atoms with Crippen LogP contribution in [-0.2, 0) is 18.4 Å². The normalized spacial score (nSPS) is 15.3. The van der Waals surface area contributed by atoms with Crippen LogP contribution in [0.2, 0.25) is 0 Å². The molecule has 40 heavy (non-hydrogen) atoms. The molecule has 0 aliphatic carbocycles. The van der Waals surface area contributed by atoms with Gasteiger partial charge in [0.2, 0.25) is 5.91 Å². The highest BCUT2D eigenvalue weighted by atomic mass is 31.2. The van der Waals surface area contributed by atoms with Crippen LogP contribution in [0.25, 0.3) is 0 Å². The van der Waals surface area contributed by atoms with E-state index in [2.05, 4.69) is 12.2 Å². The Morgan fingerprint density at radius 3 is 1.85 bits per heavy atom. The van der Waals surface area contributed by atoms with Crippen LogP contribution in [0, 0.1) is 0 Å². The van der Waals surface area contributed by atoms with Gasteiger partial charge in [-0.2, -0.15) is 0 Å². The summed E-state index contributed by atoms with van der Waals surface area (Å²) >= 11 is 0. The third-order valence-corrected chi connectivity index (χ3v) is 7.96. The third-order valence-electron chi connectivity index (χ3n) is 7.00. The molecule has 0 heterocycles. The Morgan fingerprint density at radius 2 is 1.35 bits per heavy atom. The summed E-state index contributed by atoms with van der Waals surface area (Å²) < 4.78 is 22.7. The Kier molecular flexibility index (Phi) is 24.3. The van der Waals surface area contributed by atoms with Crippen molar-refractivity contribution < 1.29 is 32.9 Å². The van der Waals surface area contributed by atoms with E-state index in [0.29, 0.717) is 17.4 Å². The Labute approximate surface area is 246 Å². The fraction of sp³-hybridized carbons (Fsp3) is 0.903. The Hall–Kier alpha value is -0.760. The molecule has 1 amide bonds. The van der Waals surface area contributed by atoms with Gasteiger partial charge in [-0.3, -0.25) is 9.36 Å². The summed E-state index contributed by atoms with van der Waals surface area (Å²) in [6, 6.07) is -0.874. The number of allylic oxidation sites excluding steroid dienone is 1. The molecule has 9 heteroatoms. The van der Waals surface area contributed by atoms with Crippen molar-refractivity contribution in [3.63, 3.8) is 0 Å². The number of quaternary nitrogens is 1. The maximum atomic E-state index is 12.3. The van der Waals surface area contributed by atoms with Crippen LogP contribution in [0.15, 0.2) is 12.2 Å². The van der Waals surface area contributed by atoms with E-state index in [1.807, 2.05) is 34.1 Å². The van der Waals surface area contributed by atoms with Crippen LogP contribution < -0.4 is 10.2 Å². The van der Waals surface area contributed by atoms with Gasteiger partial charge in [0.25, 0.3) is 7.82 Å². The Bertz CT molecular complexity index is 683. The summed E-state index contributed by atoms with van der Waals surface area (Å²) in [5.41, 5.74) is 0. The van der Waals surface area contributed by atoms with Crippen LogP contribution in [0.5, 0.6) is 0 Å². The van der Waals surface area contributed by atoms with E-state index in [0.717, 1.165) is 32.1 Å². The van der Waals surface area contributed by atoms with Gasteiger partial charge in [0.15, 0.2) is 0 Å². The lowest BCUT2D eigenvalue weighted by molar-refractivity contribution is -0.870.